The Bertz CT molecular complexity index is 434. The molecule has 3 saturated heterocycles. The predicted molar refractivity (Wildman–Crippen MR) is 68.2 cm³/mol. The molecule has 7 nitrogen and oxygen atoms in total. The number of aliphatic carboxylic acids is 1. The van der Waals surface area contributed by atoms with Crippen LogP contribution in [0.3, 0.4) is 0 Å². The Balaban J connectivity index is 0.00000147. The second-order valence-electron chi connectivity index (χ2n) is 5.96. The molecule has 8 heteroatoms. The van der Waals surface area contributed by atoms with Crippen LogP contribution in [0.1, 0.15) is 30.5 Å². The zero-order valence-electron chi connectivity index (χ0n) is 14.0. The Morgan fingerprint density at radius 2 is 1.80 bits per heavy atom. The topological polar surface area (TPSA) is 83.5 Å². The van der Waals surface area contributed by atoms with Gasteiger partial charge in [0.1, 0.15) is 12.2 Å². The number of hydrogen-bond acceptors (Lipinski definition) is 6. The van der Waals surface area contributed by atoms with Gasteiger partial charge in [0, 0.05) is 0 Å². The number of ether oxygens (including phenoxy) is 5. The fraction of sp³-hybridized carbons (Fsp3) is 0.917. The summed E-state index contributed by atoms with van der Waals surface area (Å²) in [6.07, 6.45) is -1.85. The van der Waals surface area contributed by atoms with Gasteiger partial charge in [0.25, 0.3) is 0 Å². The minimum atomic E-state index is -1.82. The Morgan fingerprint density at radius 1 is 1.15 bits per heavy atom. The number of carboxylic acids is 1. The average molecular weight is 316 g/mol. The van der Waals surface area contributed by atoms with Crippen LogP contribution >= 0.6 is 0 Å². The van der Waals surface area contributed by atoms with Crippen molar-refractivity contribution in [3.8, 4) is 0 Å². The first-order chi connectivity index (χ1) is 8.65. The molecule has 0 spiro atoms. The maximum Gasteiger partial charge on any atom is 2.00 e. The molecule has 3 aliphatic rings. The minimum absolute atomic E-state index is 0. The molecule has 0 aromatic carbocycles. The molecule has 0 aliphatic carbocycles. The van der Waals surface area contributed by atoms with E-state index in [2.05, 4.69) is 0 Å². The Morgan fingerprint density at radius 3 is 2.40 bits per heavy atom. The molecule has 3 heterocycles. The monoisotopic (exact) mass is 316 g/mol. The van der Waals surface area contributed by atoms with Crippen LogP contribution in [0.4, 0.5) is 0 Å². The van der Waals surface area contributed by atoms with Crippen LogP contribution in [-0.2, 0) is 28.5 Å². The van der Waals surface area contributed by atoms with Gasteiger partial charge in [-0.1, -0.05) is 0 Å². The third-order valence-corrected chi connectivity index (χ3v) is 3.49. The first-order valence-corrected chi connectivity index (χ1v) is 6.26. The molecule has 3 rings (SSSR count). The molecule has 112 valence electrons. The third-order valence-electron chi connectivity index (χ3n) is 3.49. The summed E-state index contributed by atoms with van der Waals surface area (Å²) in [7, 11) is 0. The average Bonchev–Trinajstić information content (AvgIpc) is 2.67. The summed E-state index contributed by atoms with van der Waals surface area (Å²) in [5.41, 5.74) is 0. The SMILES string of the molecule is CC1(C)OC[C@@H]2O[C@@]3(C(=O)O)OC(C)(C)O[C@H]3[C@@H]2O1.[Ca+2].[H-].[H-]. The molecule has 3 fully saturated rings. The summed E-state index contributed by atoms with van der Waals surface area (Å²) in [6.45, 7) is 7.09. The quantitative estimate of drug-likeness (QED) is 0.697. The maximum atomic E-state index is 11.6. The number of carbonyl (C=O) groups is 1. The van der Waals surface area contributed by atoms with Gasteiger partial charge in [-0.15, -0.1) is 0 Å². The van der Waals surface area contributed by atoms with Crippen LogP contribution in [0, 0.1) is 0 Å². The summed E-state index contributed by atoms with van der Waals surface area (Å²) in [6, 6.07) is 0. The zero-order valence-corrected chi connectivity index (χ0v) is 14.3. The second-order valence-corrected chi connectivity index (χ2v) is 5.96. The van der Waals surface area contributed by atoms with Crippen molar-refractivity contribution in [2.45, 2.75) is 63.4 Å². The molecular formula is C12H20CaO7. The van der Waals surface area contributed by atoms with Crippen molar-refractivity contribution in [3.63, 3.8) is 0 Å². The summed E-state index contributed by atoms with van der Waals surface area (Å²) in [4.78, 5) is 11.6. The first kappa shape index (κ1) is 16.9. The minimum Gasteiger partial charge on any atom is -1.00 e. The predicted octanol–water partition coefficient (Wildman–Crippen LogP) is 0.313. The van der Waals surface area contributed by atoms with Crippen LogP contribution in [0.15, 0.2) is 0 Å². The first-order valence-electron chi connectivity index (χ1n) is 6.26. The van der Waals surface area contributed by atoms with E-state index in [0.29, 0.717) is 0 Å². The molecule has 0 aromatic rings. The van der Waals surface area contributed by atoms with Gasteiger partial charge in [-0.25, -0.2) is 4.79 Å². The molecular weight excluding hydrogens is 296 g/mol. The fourth-order valence-corrected chi connectivity index (χ4v) is 2.82. The molecule has 4 atom stereocenters. The van der Waals surface area contributed by atoms with Crippen LogP contribution in [0.2, 0.25) is 0 Å². The van der Waals surface area contributed by atoms with Crippen LogP contribution in [0.5, 0.6) is 0 Å². The van der Waals surface area contributed by atoms with Gasteiger partial charge in [-0.05, 0) is 27.7 Å². The van der Waals surface area contributed by atoms with Gasteiger partial charge >= 0.3 is 49.5 Å². The molecule has 0 unspecified atom stereocenters. The van der Waals surface area contributed by atoms with Gasteiger partial charge in [-0.2, -0.15) is 0 Å². The van der Waals surface area contributed by atoms with Gasteiger partial charge in [0.2, 0.25) is 0 Å². The van der Waals surface area contributed by atoms with E-state index in [9.17, 15) is 9.90 Å². The number of carboxylic acid groups (broad SMARTS) is 1. The molecule has 0 amide bonds. The standard InChI is InChI=1S/C12H18O7.Ca.2H/c1-10(2)15-5-6-7(17-10)8-12(16-6,9(13)14)19-11(3,4)18-8;;;/h6-8H,5H2,1-4H3,(H,13,14);;;/q;+2;2*-1/t6-,7+,8-,12+;;;/m0.../s1. The Kier molecular flexibility index (Phi) is 4.24. The molecule has 0 aromatic heterocycles. The number of hydrogen-bond donors (Lipinski definition) is 1. The maximum absolute atomic E-state index is 11.6. The van der Waals surface area contributed by atoms with Crippen LogP contribution in [-0.4, -0.2) is 91.1 Å². The molecule has 20 heavy (non-hydrogen) atoms. The van der Waals surface area contributed by atoms with Crippen LogP contribution in [0.25, 0.3) is 0 Å². The second kappa shape index (κ2) is 5.03. The van der Waals surface area contributed by atoms with E-state index in [-0.39, 0.29) is 47.2 Å². The van der Waals surface area contributed by atoms with Crippen molar-refractivity contribution in [1.82, 2.24) is 0 Å². The third kappa shape index (κ3) is 2.52. The zero-order chi connectivity index (χ0) is 14.1. The molecule has 0 bridgehead atoms. The Hall–Kier alpha value is 0.530. The van der Waals surface area contributed by atoms with Gasteiger partial charge in [0.05, 0.1) is 6.61 Å². The van der Waals surface area contributed by atoms with Crippen molar-refractivity contribution in [3.05, 3.63) is 0 Å². The van der Waals surface area contributed by atoms with Crippen molar-refractivity contribution in [2.24, 2.45) is 0 Å². The van der Waals surface area contributed by atoms with Crippen molar-refractivity contribution >= 4 is 43.7 Å². The van der Waals surface area contributed by atoms with E-state index in [1.807, 2.05) is 0 Å². The molecule has 1 N–H and O–H groups in total. The van der Waals surface area contributed by atoms with E-state index in [4.69, 9.17) is 23.7 Å². The van der Waals surface area contributed by atoms with Crippen molar-refractivity contribution in [2.75, 3.05) is 6.61 Å². The van der Waals surface area contributed by atoms with E-state index in [0.717, 1.165) is 0 Å². The van der Waals surface area contributed by atoms with Crippen molar-refractivity contribution in [1.29, 1.82) is 0 Å². The van der Waals surface area contributed by atoms with Gasteiger partial charge in [0.15, 0.2) is 17.7 Å². The largest absolute Gasteiger partial charge is 2.00 e. The van der Waals surface area contributed by atoms with Gasteiger partial charge < -0.3 is 31.6 Å². The molecule has 0 saturated carbocycles. The van der Waals surface area contributed by atoms with E-state index in [1.54, 1.807) is 27.7 Å². The molecule has 3 aliphatic heterocycles. The van der Waals surface area contributed by atoms with E-state index >= 15 is 0 Å². The number of fused-ring (bicyclic) bond motifs is 3. The summed E-state index contributed by atoms with van der Waals surface area (Å²) in [5, 5.41) is 9.46. The van der Waals surface area contributed by atoms with E-state index < -0.39 is 41.6 Å². The summed E-state index contributed by atoms with van der Waals surface area (Å²) < 4.78 is 28.0. The summed E-state index contributed by atoms with van der Waals surface area (Å²) in [5.74, 6) is -4.85. The summed E-state index contributed by atoms with van der Waals surface area (Å²) >= 11 is 0. The van der Waals surface area contributed by atoms with E-state index in [1.165, 1.54) is 0 Å². The normalized spacial score (nSPS) is 44.3. The fourth-order valence-electron chi connectivity index (χ4n) is 2.82. The smallest absolute Gasteiger partial charge is 1.00 e. The Labute approximate surface area is 149 Å². The number of rotatable bonds is 1. The van der Waals surface area contributed by atoms with Crippen molar-refractivity contribution < 1.29 is 36.4 Å². The van der Waals surface area contributed by atoms with Crippen LogP contribution < -0.4 is 0 Å². The molecule has 0 radical (unpaired) electrons. The van der Waals surface area contributed by atoms with Gasteiger partial charge in [-0.3, -0.25) is 0 Å².